The molecule has 150 valence electrons. The molecule has 1 aliphatic rings. The summed E-state index contributed by atoms with van der Waals surface area (Å²) in [6.45, 7) is 6.95. The van der Waals surface area contributed by atoms with Gasteiger partial charge in [0.1, 0.15) is 5.56 Å². The Morgan fingerprint density at radius 3 is 2.54 bits per heavy atom. The van der Waals surface area contributed by atoms with E-state index in [1.54, 1.807) is 22.6 Å². The van der Waals surface area contributed by atoms with Crippen LogP contribution in [0.4, 0.5) is 0 Å². The molecule has 0 aromatic carbocycles. The number of hydrogen-bond acceptors (Lipinski definition) is 4. The van der Waals surface area contributed by atoms with Crippen molar-refractivity contribution in [3.63, 3.8) is 0 Å². The molecular weight excluding hydrogens is 360 g/mol. The van der Waals surface area contributed by atoms with E-state index in [1.165, 1.54) is 12.3 Å². The molecule has 2 N–H and O–H groups in total. The number of aromatic carboxylic acids is 1. The highest BCUT2D eigenvalue weighted by Crippen LogP contribution is 2.25. The molecule has 2 aromatic rings. The lowest BCUT2D eigenvalue weighted by Crippen LogP contribution is -2.39. The summed E-state index contributed by atoms with van der Waals surface area (Å²) in [5.41, 5.74) is 1.77. The van der Waals surface area contributed by atoms with Gasteiger partial charge in [0, 0.05) is 30.4 Å². The number of aromatic amines is 1. The Morgan fingerprint density at radius 1 is 1.29 bits per heavy atom. The van der Waals surface area contributed by atoms with Crippen molar-refractivity contribution in [3.8, 4) is 0 Å². The second-order valence-corrected chi connectivity index (χ2v) is 7.77. The van der Waals surface area contributed by atoms with Crippen molar-refractivity contribution in [1.29, 1.82) is 0 Å². The molecule has 8 nitrogen and oxygen atoms in total. The summed E-state index contributed by atoms with van der Waals surface area (Å²) in [5.74, 6) is -0.745. The molecule has 1 amide bonds. The average Bonchev–Trinajstić information content (AvgIpc) is 3.02. The van der Waals surface area contributed by atoms with Crippen molar-refractivity contribution in [2.24, 2.45) is 5.92 Å². The van der Waals surface area contributed by atoms with Crippen LogP contribution in [-0.4, -0.2) is 49.7 Å². The third-order valence-electron chi connectivity index (χ3n) is 5.15. The van der Waals surface area contributed by atoms with Crippen LogP contribution in [0.2, 0.25) is 0 Å². The van der Waals surface area contributed by atoms with Crippen molar-refractivity contribution in [3.05, 3.63) is 51.2 Å². The van der Waals surface area contributed by atoms with Crippen molar-refractivity contribution in [2.75, 3.05) is 13.1 Å². The maximum Gasteiger partial charge on any atom is 0.339 e. The minimum atomic E-state index is -0.983. The molecular formula is C20H26N4O4. The maximum absolute atomic E-state index is 12.9. The van der Waals surface area contributed by atoms with Crippen LogP contribution in [0.15, 0.2) is 23.1 Å². The second kappa shape index (κ2) is 8.00. The molecule has 28 heavy (non-hydrogen) atoms. The van der Waals surface area contributed by atoms with E-state index in [-0.39, 0.29) is 23.1 Å². The van der Waals surface area contributed by atoms with E-state index in [0.29, 0.717) is 49.5 Å². The van der Waals surface area contributed by atoms with E-state index >= 15 is 0 Å². The minimum Gasteiger partial charge on any atom is -0.478 e. The second-order valence-electron chi connectivity index (χ2n) is 7.77. The number of nitrogens with zero attached hydrogens (tertiary/aromatic N) is 3. The molecule has 0 saturated carbocycles. The molecule has 2 aromatic heterocycles. The number of likely N-dealkylation sites (tertiary alicyclic amines) is 1. The Kier molecular flexibility index (Phi) is 5.67. The molecule has 0 radical (unpaired) electrons. The Balaban J connectivity index is 1.70. The fourth-order valence-electron chi connectivity index (χ4n) is 3.77. The van der Waals surface area contributed by atoms with Gasteiger partial charge in [-0.3, -0.25) is 14.3 Å². The molecule has 0 unspecified atom stereocenters. The van der Waals surface area contributed by atoms with Crippen LogP contribution < -0.4 is 5.56 Å². The van der Waals surface area contributed by atoms with Gasteiger partial charge >= 0.3 is 5.97 Å². The molecule has 1 aliphatic heterocycles. The zero-order valence-corrected chi connectivity index (χ0v) is 16.4. The number of carboxylic acid groups (broad SMARTS) is 1. The standard InChI is InChI=1S/C20H26N4O4/c1-12(2)8-15-9-14(10-18(25)22-15)19(26)23-6-4-16(5-7-23)24-13(3)17(11-21-24)20(27)28/h9-12,16H,4-8H2,1-3H3,(H,22,25)(H,27,28). The molecule has 3 heterocycles. The van der Waals surface area contributed by atoms with Crippen LogP contribution >= 0.6 is 0 Å². The third kappa shape index (κ3) is 4.16. The first kappa shape index (κ1) is 19.9. The number of piperidine rings is 1. The normalized spacial score (nSPS) is 15.2. The molecule has 1 saturated heterocycles. The summed E-state index contributed by atoms with van der Waals surface area (Å²) in [5, 5.41) is 13.4. The van der Waals surface area contributed by atoms with Crippen LogP contribution in [0.25, 0.3) is 0 Å². The highest BCUT2D eigenvalue weighted by molar-refractivity contribution is 5.94. The summed E-state index contributed by atoms with van der Waals surface area (Å²) in [4.78, 5) is 40.5. The van der Waals surface area contributed by atoms with Gasteiger partial charge in [0.25, 0.3) is 5.91 Å². The summed E-state index contributed by atoms with van der Waals surface area (Å²) in [7, 11) is 0. The number of aromatic nitrogens is 3. The first-order valence-electron chi connectivity index (χ1n) is 9.56. The molecule has 0 atom stereocenters. The lowest BCUT2D eigenvalue weighted by atomic mass is 10.0. The minimum absolute atomic E-state index is 0.0628. The van der Waals surface area contributed by atoms with Crippen LogP contribution in [0.5, 0.6) is 0 Å². The number of hydrogen-bond donors (Lipinski definition) is 2. The van der Waals surface area contributed by atoms with Gasteiger partial charge in [-0.15, -0.1) is 0 Å². The number of carbonyl (C=O) groups excluding carboxylic acids is 1. The number of pyridine rings is 1. The van der Waals surface area contributed by atoms with E-state index in [0.717, 1.165) is 5.69 Å². The quantitative estimate of drug-likeness (QED) is 0.819. The van der Waals surface area contributed by atoms with Crippen LogP contribution in [-0.2, 0) is 6.42 Å². The third-order valence-corrected chi connectivity index (χ3v) is 5.15. The van der Waals surface area contributed by atoms with Gasteiger partial charge in [-0.25, -0.2) is 4.79 Å². The van der Waals surface area contributed by atoms with Crippen molar-refractivity contribution < 1.29 is 14.7 Å². The van der Waals surface area contributed by atoms with Gasteiger partial charge in [0.15, 0.2) is 0 Å². The highest BCUT2D eigenvalue weighted by atomic mass is 16.4. The first-order chi connectivity index (χ1) is 13.3. The van der Waals surface area contributed by atoms with E-state index < -0.39 is 5.97 Å². The Morgan fingerprint density at radius 2 is 1.96 bits per heavy atom. The fourth-order valence-corrected chi connectivity index (χ4v) is 3.77. The Hall–Kier alpha value is -2.90. The van der Waals surface area contributed by atoms with Gasteiger partial charge in [0.2, 0.25) is 5.56 Å². The SMILES string of the molecule is Cc1c(C(=O)O)cnn1C1CCN(C(=O)c2cc(CC(C)C)[nH]c(=O)c2)CC1. The zero-order chi connectivity index (χ0) is 20.4. The highest BCUT2D eigenvalue weighted by Gasteiger charge is 2.27. The van der Waals surface area contributed by atoms with Crippen LogP contribution in [0, 0.1) is 12.8 Å². The molecule has 0 aliphatic carbocycles. The van der Waals surface area contributed by atoms with E-state index in [1.807, 2.05) is 0 Å². The number of H-pyrrole nitrogens is 1. The molecule has 0 spiro atoms. The Labute approximate surface area is 163 Å². The fraction of sp³-hybridized carbons (Fsp3) is 0.500. The molecule has 1 fully saturated rings. The van der Waals surface area contributed by atoms with Crippen LogP contribution in [0.1, 0.15) is 64.8 Å². The van der Waals surface area contributed by atoms with E-state index in [2.05, 4.69) is 23.9 Å². The lowest BCUT2D eigenvalue weighted by Gasteiger charge is -2.32. The number of amides is 1. The monoisotopic (exact) mass is 386 g/mol. The van der Waals surface area contributed by atoms with Gasteiger partial charge in [-0.1, -0.05) is 13.8 Å². The van der Waals surface area contributed by atoms with Crippen LogP contribution in [0.3, 0.4) is 0 Å². The molecule has 8 heteroatoms. The van der Waals surface area contributed by atoms with Gasteiger partial charge < -0.3 is 15.0 Å². The van der Waals surface area contributed by atoms with Crippen molar-refractivity contribution in [1.82, 2.24) is 19.7 Å². The van der Waals surface area contributed by atoms with E-state index in [9.17, 15) is 19.5 Å². The number of nitrogens with one attached hydrogen (secondary N) is 1. The van der Waals surface area contributed by atoms with Gasteiger partial charge in [0.05, 0.1) is 17.9 Å². The lowest BCUT2D eigenvalue weighted by molar-refractivity contribution is 0.0687. The molecule has 3 rings (SSSR count). The predicted octanol–water partition coefficient (Wildman–Crippen LogP) is 2.25. The smallest absolute Gasteiger partial charge is 0.339 e. The first-order valence-corrected chi connectivity index (χ1v) is 9.56. The number of carbonyl (C=O) groups is 2. The average molecular weight is 386 g/mol. The van der Waals surface area contributed by atoms with Gasteiger partial charge in [-0.05, 0) is 38.2 Å². The Bertz CT molecular complexity index is 936. The van der Waals surface area contributed by atoms with Crippen molar-refractivity contribution >= 4 is 11.9 Å². The predicted molar refractivity (Wildman–Crippen MR) is 104 cm³/mol. The summed E-state index contributed by atoms with van der Waals surface area (Å²) >= 11 is 0. The summed E-state index contributed by atoms with van der Waals surface area (Å²) in [6, 6.07) is 3.19. The molecule has 0 bridgehead atoms. The summed E-state index contributed by atoms with van der Waals surface area (Å²) in [6.07, 6.45) is 3.47. The van der Waals surface area contributed by atoms with Gasteiger partial charge in [-0.2, -0.15) is 5.10 Å². The summed E-state index contributed by atoms with van der Waals surface area (Å²) < 4.78 is 1.75. The number of rotatable bonds is 5. The topological polar surface area (TPSA) is 108 Å². The van der Waals surface area contributed by atoms with Crippen molar-refractivity contribution in [2.45, 2.75) is 46.1 Å². The largest absolute Gasteiger partial charge is 0.478 e. The number of carboxylic acids is 1. The van der Waals surface area contributed by atoms with E-state index in [4.69, 9.17) is 0 Å². The zero-order valence-electron chi connectivity index (χ0n) is 16.4. The maximum atomic E-state index is 12.9.